The highest BCUT2D eigenvalue weighted by atomic mass is 32.1. The Balaban J connectivity index is 1.42. The van der Waals surface area contributed by atoms with Gasteiger partial charge in [0.25, 0.3) is 0 Å². The van der Waals surface area contributed by atoms with Gasteiger partial charge in [0.1, 0.15) is 15.6 Å². The highest BCUT2D eigenvalue weighted by Gasteiger charge is 2.55. The van der Waals surface area contributed by atoms with E-state index in [1.807, 2.05) is 30.3 Å². The normalized spacial score (nSPS) is 31.7. The molecule has 1 spiro atoms. The minimum absolute atomic E-state index is 0.216. The first-order chi connectivity index (χ1) is 11.7. The van der Waals surface area contributed by atoms with Crippen molar-refractivity contribution in [2.24, 2.45) is 5.92 Å². The van der Waals surface area contributed by atoms with E-state index in [1.165, 1.54) is 0 Å². The van der Waals surface area contributed by atoms with Crippen LogP contribution in [0.5, 0.6) is 0 Å². The number of amides is 1. The van der Waals surface area contributed by atoms with Crippen LogP contribution in [0.2, 0.25) is 0 Å². The summed E-state index contributed by atoms with van der Waals surface area (Å²) in [7, 11) is 0. The summed E-state index contributed by atoms with van der Waals surface area (Å²) in [6.07, 6.45) is 3.86. The summed E-state index contributed by atoms with van der Waals surface area (Å²) in [5, 5.41) is 1.82. The lowest BCUT2D eigenvalue weighted by Crippen LogP contribution is -2.61. The predicted molar refractivity (Wildman–Crippen MR) is 93.3 cm³/mol. The lowest BCUT2D eigenvalue weighted by molar-refractivity contribution is -0.0881. The first-order valence-corrected chi connectivity index (χ1v) is 9.29. The number of aromatic nitrogens is 1. The predicted octanol–water partition coefficient (Wildman–Crippen LogP) is 3.23. The van der Waals surface area contributed by atoms with Gasteiger partial charge in [-0.3, -0.25) is 9.80 Å². The van der Waals surface area contributed by atoms with Crippen molar-refractivity contribution in [2.75, 3.05) is 31.1 Å². The van der Waals surface area contributed by atoms with E-state index >= 15 is 0 Å². The van der Waals surface area contributed by atoms with Gasteiger partial charge in [-0.2, -0.15) is 0 Å². The lowest BCUT2D eigenvalue weighted by Gasteiger charge is -2.49. The molecular formula is C18H19N3O2S. The number of thiazole rings is 1. The fourth-order valence-corrected chi connectivity index (χ4v) is 5.20. The summed E-state index contributed by atoms with van der Waals surface area (Å²) < 4.78 is 5.93. The number of rotatable bonds is 2. The Kier molecular flexibility index (Phi) is 3.18. The SMILES string of the molecule is O=C1OC2(CN3CCC2CC3)CN1c1cnc(-c2ccccc2)s1. The molecule has 24 heavy (non-hydrogen) atoms. The van der Waals surface area contributed by atoms with Gasteiger partial charge >= 0.3 is 6.09 Å². The Hall–Kier alpha value is -1.92. The average Bonchev–Trinajstić information content (AvgIpc) is 3.22. The molecule has 1 unspecified atom stereocenters. The van der Waals surface area contributed by atoms with Crippen molar-refractivity contribution in [3.8, 4) is 10.6 Å². The van der Waals surface area contributed by atoms with Crippen LogP contribution in [0.3, 0.4) is 0 Å². The molecular weight excluding hydrogens is 322 g/mol. The molecule has 0 N–H and O–H groups in total. The first kappa shape index (κ1) is 14.4. The molecule has 4 aliphatic rings. The number of piperidine rings is 3. The van der Waals surface area contributed by atoms with Crippen LogP contribution >= 0.6 is 11.3 Å². The quantitative estimate of drug-likeness (QED) is 0.841. The van der Waals surface area contributed by atoms with Crippen LogP contribution in [-0.2, 0) is 4.74 Å². The van der Waals surface area contributed by atoms with Gasteiger partial charge in [-0.05, 0) is 25.9 Å². The Labute approximate surface area is 144 Å². The van der Waals surface area contributed by atoms with Crippen molar-refractivity contribution in [3.63, 3.8) is 0 Å². The Morgan fingerprint density at radius 2 is 1.96 bits per heavy atom. The molecule has 124 valence electrons. The van der Waals surface area contributed by atoms with Crippen LogP contribution in [0.15, 0.2) is 36.5 Å². The molecule has 6 rings (SSSR count). The molecule has 0 aliphatic carbocycles. The second kappa shape index (κ2) is 5.29. The first-order valence-electron chi connectivity index (χ1n) is 8.48. The second-order valence-electron chi connectivity index (χ2n) is 6.94. The number of anilines is 1. The molecule has 2 aromatic rings. The largest absolute Gasteiger partial charge is 0.439 e. The van der Waals surface area contributed by atoms with Crippen LogP contribution in [0.1, 0.15) is 12.8 Å². The topological polar surface area (TPSA) is 45.7 Å². The smallest absolute Gasteiger partial charge is 0.415 e. The maximum Gasteiger partial charge on any atom is 0.415 e. The molecule has 4 saturated heterocycles. The summed E-state index contributed by atoms with van der Waals surface area (Å²) in [5.41, 5.74) is 0.767. The summed E-state index contributed by atoms with van der Waals surface area (Å²) in [6, 6.07) is 10.1. The Bertz CT molecular complexity index is 770. The zero-order chi connectivity index (χ0) is 16.1. The van der Waals surface area contributed by atoms with Crippen LogP contribution < -0.4 is 4.90 Å². The zero-order valence-corrected chi connectivity index (χ0v) is 14.2. The standard InChI is InChI=1S/C18H19N3O2S/c22-17-21(12-18(23-17)11-20-8-6-14(18)7-9-20)15-10-19-16(24-15)13-4-2-1-3-5-13/h1-5,10,14H,6-9,11-12H2. The third-order valence-corrected chi connectivity index (χ3v) is 6.61. The van der Waals surface area contributed by atoms with Crippen LogP contribution in [0.4, 0.5) is 9.80 Å². The Morgan fingerprint density at radius 3 is 2.67 bits per heavy atom. The van der Waals surface area contributed by atoms with Crippen molar-refractivity contribution in [3.05, 3.63) is 36.5 Å². The van der Waals surface area contributed by atoms with E-state index < -0.39 is 0 Å². The molecule has 1 aromatic heterocycles. The molecule has 2 bridgehead atoms. The van der Waals surface area contributed by atoms with E-state index in [4.69, 9.17) is 4.74 Å². The molecule has 1 atom stereocenters. The molecule has 5 nitrogen and oxygen atoms in total. The lowest BCUT2D eigenvalue weighted by atomic mass is 9.75. The molecule has 5 heterocycles. The molecule has 4 fully saturated rings. The number of hydrogen-bond donors (Lipinski definition) is 0. The monoisotopic (exact) mass is 341 g/mol. The number of fused-ring (bicyclic) bond motifs is 2. The highest BCUT2D eigenvalue weighted by Crippen LogP contribution is 2.44. The molecule has 6 heteroatoms. The molecule has 0 radical (unpaired) electrons. The van der Waals surface area contributed by atoms with Crippen molar-refractivity contribution in [1.29, 1.82) is 0 Å². The van der Waals surface area contributed by atoms with E-state index in [2.05, 4.69) is 9.88 Å². The fourth-order valence-electron chi connectivity index (χ4n) is 4.29. The average molecular weight is 341 g/mol. The number of carbonyl (C=O) groups excluding carboxylic acids is 1. The molecule has 1 amide bonds. The molecule has 0 saturated carbocycles. The van der Waals surface area contributed by atoms with Crippen molar-refractivity contribution < 1.29 is 9.53 Å². The van der Waals surface area contributed by atoms with E-state index in [0.29, 0.717) is 12.5 Å². The van der Waals surface area contributed by atoms with Gasteiger partial charge in [-0.1, -0.05) is 41.7 Å². The van der Waals surface area contributed by atoms with E-state index in [9.17, 15) is 4.79 Å². The van der Waals surface area contributed by atoms with E-state index in [0.717, 1.165) is 48.0 Å². The number of ether oxygens (including phenoxy) is 1. The number of nitrogens with zero attached hydrogens (tertiary/aromatic N) is 3. The number of hydrogen-bond acceptors (Lipinski definition) is 5. The van der Waals surface area contributed by atoms with E-state index in [-0.39, 0.29) is 11.7 Å². The highest BCUT2D eigenvalue weighted by molar-refractivity contribution is 7.19. The van der Waals surface area contributed by atoms with Gasteiger partial charge in [0, 0.05) is 18.0 Å². The third-order valence-electron chi connectivity index (χ3n) is 5.54. The number of benzene rings is 1. The van der Waals surface area contributed by atoms with Gasteiger partial charge in [0.15, 0.2) is 0 Å². The van der Waals surface area contributed by atoms with Crippen molar-refractivity contribution in [2.45, 2.75) is 18.4 Å². The van der Waals surface area contributed by atoms with Gasteiger partial charge in [0.2, 0.25) is 0 Å². The minimum atomic E-state index is -0.315. The third kappa shape index (κ3) is 2.17. The second-order valence-corrected chi connectivity index (χ2v) is 7.95. The molecule has 1 aromatic carbocycles. The van der Waals surface area contributed by atoms with Crippen LogP contribution in [0.25, 0.3) is 10.6 Å². The number of carbonyl (C=O) groups is 1. The summed E-state index contributed by atoms with van der Waals surface area (Å²) in [5.74, 6) is 0.498. The van der Waals surface area contributed by atoms with Crippen molar-refractivity contribution >= 4 is 22.4 Å². The van der Waals surface area contributed by atoms with Crippen LogP contribution in [0, 0.1) is 5.92 Å². The van der Waals surface area contributed by atoms with Gasteiger partial charge in [0.05, 0.1) is 12.7 Å². The minimum Gasteiger partial charge on any atom is -0.439 e. The summed E-state index contributed by atoms with van der Waals surface area (Å²) in [6.45, 7) is 3.82. The fraction of sp³-hybridized carbons (Fsp3) is 0.444. The van der Waals surface area contributed by atoms with Gasteiger partial charge in [-0.15, -0.1) is 0 Å². The van der Waals surface area contributed by atoms with E-state index in [1.54, 1.807) is 22.4 Å². The summed E-state index contributed by atoms with van der Waals surface area (Å²) >= 11 is 1.55. The maximum absolute atomic E-state index is 12.5. The van der Waals surface area contributed by atoms with Gasteiger partial charge in [-0.25, -0.2) is 9.78 Å². The zero-order valence-electron chi connectivity index (χ0n) is 13.4. The maximum atomic E-state index is 12.5. The molecule has 4 aliphatic heterocycles. The van der Waals surface area contributed by atoms with Gasteiger partial charge < -0.3 is 4.74 Å². The summed E-state index contributed by atoms with van der Waals surface area (Å²) in [4.78, 5) is 21.3. The Morgan fingerprint density at radius 1 is 1.17 bits per heavy atom. The van der Waals surface area contributed by atoms with Crippen molar-refractivity contribution in [1.82, 2.24) is 9.88 Å². The van der Waals surface area contributed by atoms with Crippen LogP contribution in [-0.4, -0.2) is 47.8 Å².